The molecule has 1 aromatic heterocycles. The Kier molecular flexibility index (Phi) is 5.23. The number of amides is 1. The highest BCUT2D eigenvalue weighted by atomic mass is 19.4. The minimum atomic E-state index is -5.32. The number of aromatic nitrogens is 1. The summed E-state index contributed by atoms with van der Waals surface area (Å²) in [6, 6.07) is 8.20. The van der Waals surface area contributed by atoms with E-state index in [0.717, 1.165) is 17.0 Å². The maximum absolute atomic E-state index is 13.7. The van der Waals surface area contributed by atoms with Crippen LogP contribution in [-0.2, 0) is 14.3 Å². The van der Waals surface area contributed by atoms with Gasteiger partial charge in [-0.05, 0) is 36.4 Å². The van der Waals surface area contributed by atoms with Gasteiger partial charge in [-0.1, -0.05) is 12.1 Å². The maximum Gasteiger partial charge on any atom is 0.491 e. The number of carbonyl (C=O) groups excluding carboxylic acids is 3. The zero-order valence-corrected chi connectivity index (χ0v) is 17.5. The molecule has 2 aliphatic heterocycles. The molecule has 1 aliphatic carbocycles. The predicted octanol–water partition coefficient (Wildman–Crippen LogP) is 3.19. The summed E-state index contributed by atoms with van der Waals surface area (Å²) >= 11 is 0. The fraction of sp³-hybridized carbons (Fsp3) is 0.174. The van der Waals surface area contributed by atoms with E-state index in [9.17, 15) is 31.9 Å². The van der Waals surface area contributed by atoms with Crippen LogP contribution in [0.2, 0.25) is 0 Å². The van der Waals surface area contributed by atoms with Gasteiger partial charge in [0, 0.05) is 23.9 Å². The summed E-state index contributed by atoms with van der Waals surface area (Å²) in [6.45, 7) is -0.130. The van der Waals surface area contributed by atoms with Crippen LogP contribution in [0.15, 0.2) is 71.1 Å². The lowest BCUT2D eigenvalue weighted by Crippen LogP contribution is -2.51. The van der Waals surface area contributed by atoms with Crippen LogP contribution >= 0.6 is 0 Å². The highest BCUT2D eigenvalue weighted by Gasteiger charge is 2.51. The van der Waals surface area contributed by atoms with Crippen LogP contribution in [0.5, 0.6) is 0 Å². The number of allylic oxidation sites excluding steroid dienone is 1. The van der Waals surface area contributed by atoms with Crippen LogP contribution < -0.4 is 10.2 Å². The molecule has 5 rings (SSSR count). The summed E-state index contributed by atoms with van der Waals surface area (Å²) in [6.07, 6.45) is -2.43. The van der Waals surface area contributed by atoms with Gasteiger partial charge in [0.1, 0.15) is 23.3 Å². The second kappa shape index (κ2) is 8.15. The van der Waals surface area contributed by atoms with Gasteiger partial charge in [-0.15, -0.1) is 0 Å². The topological polar surface area (TPSA) is 101 Å². The number of fused-ring (bicyclic) bond motifs is 4. The Morgan fingerprint density at radius 3 is 2.66 bits per heavy atom. The lowest BCUT2D eigenvalue weighted by molar-refractivity contribution is -0.196. The van der Waals surface area contributed by atoms with Crippen LogP contribution in [0, 0.1) is 11.7 Å². The van der Waals surface area contributed by atoms with E-state index in [4.69, 9.17) is 4.74 Å². The van der Waals surface area contributed by atoms with Crippen LogP contribution in [0.1, 0.15) is 10.4 Å². The molecular formula is C23H14F4N4O4. The molecule has 3 aliphatic rings. The highest BCUT2D eigenvalue weighted by molar-refractivity contribution is 6.27. The monoisotopic (exact) mass is 486 g/mol. The van der Waals surface area contributed by atoms with Gasteiger partial charge in [-0.25, -0.2) is 14.2 Å². The molecule has 35 heavy (non-hydrogen) atoms. The number of anilines is 2. The van der Waals surface area contributed by atoms with Crippen molar-refractivity contribution < 1.29 is 36.7 Å². The maximum atomic E-state index is 13.7. The number of ketones is 1. The number of carbonyl (C=O) groups is 3. The standard InChI is InChI=1S/C23H14F4N4O4/c24-12-5-7-15-13(9-12)18(32)20-30-14-6-4-11(10-29-16-3-1-2-8-28-16)19(17(14)21(33)31(15)20)35-22(34)23(25,26)27/h1-9,17,20H,10H2,(H,28,29). The van der Waals surface area contributed by atoms with Crippen LogP contribution in [0.4, 0.5) is 29.1 Å². The third kappa shape index (κ3) is 3.86. The molecule has 1 N–H and O–H groups in total. The SMILES string of the molecule is O=C1c2cc(F)ccc2N2C(=O)C3C(=NC12)C=CC(CNc1ccccn1)=C3OC(=O)C(F)(F)F. The van der Waals surface area contributed by atoms with Crippen molar-refractivity contribution in [1.29, 1.82) is 0 Å². The Balaban J connectivity index is 1.56. The van der Waals surface area contributed by atoms with Crippen molar-refractivity contribution in [3.05, 3.63) is 77.5 Å². The third-order valence-electron chi connectivity index (χ3n) is 5.61. The quantitative estimate of drug-likeness (QED) is 0.526. The van der Waals surface area contributed by atoms with Gasteiger partial charge in [-0.3, -0.25) is 19.5 Å². The normalized spacial score (nSPS) is 20.8. The number of hydrogen-bond donors (Lipinski definition) is 1. The number of halogens is 4. The van der Waals surface area contributed by atoms with Crippen LogP contribution in [-0.4, -0.2) is 47.2 Å². The zero-order chi connectivity index (χ0) is 24.9. The molecule has 2 atom stereocenters. The van der Waals surface area contributed by atoms with Crippen LogP contribution in [0.3, 0.4) is 0 Å². The van der Waals surface area contributed by atoms with E-state index in [0.29, 0.717) is 5.82 Å². The van der Waals surface area contributed by atoms with Crippen molar-refractivity contribution in [2.45, 2.75) is 12.3 Å². The third-order valence-corrected chi connectivity index (χ3v) is 5.61. The number of hydrogen-bond acceptors (Lipinski definition) is 7. The van der Waals surface area contributed by atoms with Gasteiger partial charge >= 0.3 is 12.1 Å². The van der Waals surface area contributed by atoms with Crippen molar-refractivity contribution >= 4 is 34.9 Å². The molecule has 178 valence electrons. The second-order valence-corrected chi connectivity index (χ2v) is 7.77. The number of nitrogens with one attached hydrogen (secondary N) is 1. The highest BCUT2D eigenvalue weighted by Crippen LogP contribution is 2.41. The Morgan fingerprint density at radius 1 is 1.14 bits per heavy atom. The number of pyridine rings is 1. The van der Waals surface area contributed by atoms with Crippen LogP contribution in [0.25, 0.3) is 0 Å². The number of nitrogens with zero attached hydrogens (tertiary/aromatic N) is 3. The lowest BCUT2D eigenvalue weighted by Gasteiger charge is -2.35. The van der Waals surface area contributed by atoms with E-state index in [1.165, 1.54) is 24.4 Å². The minimum Gasteiger partial charge on any atom is -0.423 e. The molecule has 12 heteroatoms. The fourth-order valence-electron chi connectivity index (χ4n) is 4.06. The molecule has 0 saturated heterocycles. The first-order chi connectivity index (χ1) is 16.6. The molecule has 2 aromatic rings. The van der Waals surface area contributed by atoms with Crippen molar-refractivity contribution in [2.75, 3.05) is 16.8 Å². The number of alkyl halides is 3. The second-order valence-electron chi connectivity index (χ2n) is 7.77. The average Bonchev–Trinajstić information content (AvgIpc) is 3.10. The van der Waals surface area contributed by atoms with E-state index < -0.39 is 47.5 Å². The Morgan fingerprint density at radius 2 is 1.94 bits per heavy atom. The molecule has 0 radical (unpaired) electrons. The van der Waals surface area contributed by atoms with Crippen molar-refractivity contribution in [1.82, 2.24) is 4.98 Å². The minimum absolute atomic E-state index is 0.0514. The van der Waals surface area contributed by atoms with Crippen molar-refractivity contribution in [3.8, 4) is 0 Å². The van der Waals surface area contributed by atoms with Crippen molar-refractivity contribution in [2.24, 2.45) is 10.9 Å². The largest absolute Gasteiger partial charge is 0.491 e. The Bertz CT molecular complexity index is 1350. The summed E-state index contributed by atoms with van der Waals surface area (Å²) in [5, 5.41) is 2.89. The number of Topliss-reactive ketones (excluding diaryl/α,β-unsaturated/α-hetero) is 1. The number of rotatable bonds is 4. The van der Waals surface area contributed by atoms with Gasteiger partial charge in [-0.2, -0.15) is 13.2 Å². The number of aliphatic imine (C=N–C) groups is 1. The summed E-state index contributed by atoms with van der Waals surface area (Å²) in [5.74, 6) is -6.36. The molecule has 1 aromatic carbocycles. The first kappa shape index (κ1) is 22.4. The molecule has 0 fully saturated rings. The number of benzene rings is 1. The smallest absolute Gasteiger partial charge is 0.423 e. The summed E-state index contributed by atoms with van der Waals surface area (Å²) in [4.78, 5) is 47.3. The molecular weight excluding hydrogens is 472 g/mol. The predicted molar refractivity (Wildman–Crippen MR) is 114 cm³/mol. The van der Waals surface area contributed by atoms with Gasteiger partial charge in [0.15, 0.2) is 6.17 Å². The molecule has 3 heterocycles. The van der Waals surface area contributed by atoms with E-state index in [1.54, 1.807) is 18.2 Å². The zero-order valence-electron chi connectivity index (χ0n) is 17.5. The van der Waals surface area contributed by atoms with E-state index in [2.05, 4.69) is 15.3 Å². The van der Waals surface area contributed by atoms with Gasteiger partial charge in [0.25, 0.3) is 0 Å². The van der Waals surface area contributed by atoms with Crippen molar-refractivity contribution in [3.63, 3.8) is 0 Å². The van der Waals surface area contributed by atoms with Gasteiger partial charge in [0.2, 0.25) is 11.7 Å². The van der Waals surface area contributed by atoms with E-state index in [1.807, 2.05) is 0 Å². The van der Waals surface area contributed by atoms with Gasteiger partial charge < -0.3 is 10.1 Å². The molecule has 1 amide bonds. The van der Waals surface area contributed by atoms with E-state index >= 15 is 0 Å². The Hall–Kier alpha value is -4.35. The van der Waals surface area contributed by atoms with E-state index in [-0.39, 0.29) is 29.1 Å². The molecule has 0 spiro atoms. The molecule has 2 unspecified atom stereocenters. The summed E-state index contributed by atoms with van der Waals surface area (Å²) in [5.41, 5.74) is 0.0156. The first-order valence-electron chi connectivity index (χ1n) is 10.2. The van der Waals surface area contributed by atoms with Gasteiger partial charge in [0.05, 0.1) is 11.4 Å². The number of ether oxygens (including phenoxy) is 1. The summed E-state index contributed by atoms with van der Waals surface area (Å²) < 4.78 is 57.6. The average molecular weight is 486 g/mol. The fourth-order valence-corrected chi connectivity index (χ4v) is 4.06. The molecule has 0 saturated carbocycles. The molecule has 0 bridgehead atoms. The summed E-state index contributed by atoms with van der Waals surface area (Å²) in [7, 11) is 0. The number of esters is 1. The first-order valence-corrected chi connectivity index (χ1v) is 10.2. The Labute approximate surface area is 194 Å². The lowest BCUT2D eigenvalue weighted by atomic mass is 9.88. The molecule has 8 nitrogen and oxygen atoms in total.